The summed E-state index contributed by atoms with van der Waals surface area (Å²) >= 11 is 0. The largest absolute Gasteiger partial charge is 0.463 e. The topological polar surface area (TPSA) is 80.7 Å². The number of carbonyl (C=O) groups excluding carboxylic acids is 1. The number of rotatable bonds is 7. The molecule has 0 aromatic rings. The molecule has 1 N–H and O–H groups in total. The van der Waals surface area contributed by atoms with E-state index >= 15 is 0 Å². The molecule has 0 aromatic heterocycles. The van der Waals surface area contributed by atoms with Crippen LogP contribution in [0, 0.1) is 0 Å². The molecule has 0 aliphatic carbocycles. The van der Waals surface area contributed by atoms with E-state index in [4.69, 9.17) is 9.29 Å². The van der Waals surface area contributed by atoms with E-state index < -0.39 is 16.1 Å². The van der Waals surface area contributed by atoms with Crippen molar-refractivity contribution in [1.29, 1.82) is 0 Å². The van der Waals surface area contributed by atoms with Crippen LogP contribution in [0.15, 0.2) is 12.2 Å². The van der Waals surface area contributed by atoms with Crippen LogP contribution in [0.1, 0.15) is 26.2 Å². The molecule has 0 fully saturated rings. The first-order valence-electron chi connectivity index (χ1n) is 4.74. The van der Waals surface area contributed by atoms with Crippen LogP contribution in [-0.4, -0.2) is 31.3 Å². The molecule has 0 saturated carbocycles. The molecule has 15 heavy (non-hydrogen) atoms. The highest BCUT2D eigenvalue weighted by Gasteiger charge is 2.03. The third kappa shape index (κ3) is 11.0. The van der Waals surface area contributed by atoms with Gasteiger partial charge in [-0.15, -0.1) is 0 Å². The molecular formula is C9H16O5S. The lowest BCUT2D eigenvalue weighted by molar-refractivity contribution is -0.137. The van der Waals surface area contributed by atoms with Crippen LogP contribution in [0.25, 0.3) is 0 Å². The van der Waals surface area contributed by atoms with Crippen molar-refractivity contribution in [3.8, 4) is 0 Å². The molecule has 88 valence electrons. The SMILES string of the molecule is CC/C=C/C(=O)OCCCCS(=O)(=O)O. The minimum atomic E-state index is -3.89. The third-order valence-corrected chi connectivity index (χ3v) is 2.34. The fraction of sp³-hybridized carbons (Fsp3) is 0.667. The smallest absolute Gasteiger partial charge is 0.330 e. The van der Waals surface area contributed by atoms with Gasteiger partial charge in [0.15, 0.2) is 0 Å². The fourth-order valence-electron chi connectivity index (χ4n) is 0.821. The highest BCUT2D eigenvalue weighted by molar-refractivity contribution is 7.85. The van der Waals surface area contributed by atoms with E-state index in [0.717, 1.165) is 6.42 Å². The molecule has 0 aliphatic heterocycles. The molecule has 0 rings (SSSR count). The van der Waals surface area contributed by atoms with Gasteiger partial charge in [-0.25, -0.2) is 4.79 Å². The van der Waals surface area contributed by atoms with Gasteiger partial charge in [0.25, 0.3) is 10.1 Å². The lowest BCUT2D eigenvalue weighted by Crippen LogP contribution is -2.07. The van der Waals surface area contributed by atoms with Crippen LogP contribution in [0.5, 0.6) is 0 Å². The molecule has 0 saturated heterocycles. The molecule has 0 atom stereocenters. The van der Waals surface area contributed by atoms with Crippen LogP contribution >= 0.6 is 0 Å². The number of unbranched alkanes of at least 4 members (excludes halogenated alkanes) is 1. The Bertz CT molecular complexity index is 304. The van der Waals surface area contributed by atoms with E-state index in [1.165, 1.54) is 6.08 Å². The summed E-state index contributed by atoms with van der Waals surface area (Å²) in [5.74, 6) is -0.723. The van der Waals surface area contributed by atoms with Crippen molar-refractivity contribution in [2.75, 3.05) is 12.4 Å². The summed E-state index contributed by atoms with van der Waals surface area (Å²) in [6.07, 6.45) is 4.48. The number of hydrogen-bond donors (Lipinski definition) is 1. The van der Waals surface area contributed by atoms with Gasteiger partial charge >= 0.3 is 5.97 Å². The summed E-state index contributed by atoms with van der Waals surface area (Å²) in [4.78, 5) is 10.9. The average Bonchev–Trinajstić information content (AvgIpc) is 2.12. The zero-order chi connectivity index (χ0) is 11.7. The van der Waals surface area contributed by atoms with Crippen molar-refractivity contribution in [3.05, 3.63) is 12.2 Å². The second-order valence-electron chi connectivity index (χ2n) is 2.97. The number of allylic oxidation sites excluding steroid dienone is 1. The average molecular weight is 236 g/mol. The molecule has 0 bridgehead atoms. The Kier molecular flexibility index (Phi) is 6.98. The van der Waals surface area contributed by atoms with E-state index in [9.17, 15) is 13.2 Å². The normalized spacial score (nSPS) is 11.9. The zero-order valence-electron chi connectivity index (χ0n) is 8.68. The Hall–Kier alpha value is -0.880. The van der Waals surface area contributed by atoms with Crippen molar-refractivity contribution >= 4 is 16.1 Å². The van der Waals surface area contributed by atoms with E-state index in [-0.39, 0.29) is 18.8 Å². The molecule has 0 heterocycles. The van der Waals surface area contributed by atoms with E-state index in [0.29, 0.717) is 6.42 Å². The highest BCUT2D eigenvalue weighted by Crippen LogP contribution is 1.95. The van der Waals surface area contributed by atoms with Crippen molar-refractivity contribution < 1.29 is 22.5 Å². The van der Waals surface area contributed by atoms with E-state index in [2.05, 4.69) is 0 Å². The highest BCUT2D eigenvalue weighted by atomic mass is 32.2. The first kappa shape index (κ1) is 14.1. The summed E-state index contributed by atoms with van der Waals surface area (Å²) in [5, 5.41) is 0. The fourth-order valence-corrected chi connectivity index (χ4v) is 1.39. The standard InChI is InChI=1S/C9H16O5S/c1-2-3-6-9(10)14-7-4-5-8-15(11,12)13/h3,6H,2,4-5,7-8H2,1H3,(H,11,12,13)/b6-3+. The van der Waals surface area contributed by atoms with Crippen molar-refractivity contribution in [2.24, 2.45) is 0 Å². The van der Waals surface area contributed by atoms with Crippen molar-refractivity contribution in [3.63, 3.8) is 0 Å². The van der Waals surface area contributed by atoms with Gasteiger partial charge in [0.1, 0.15) is 0 Å². The van der Waals surface area contributed by atoms with Gasteiger partial charge in [0.2, 0.25) is 0 Å². The van der Waals surface area contributed by atoms with Crippen molar-refractivity contribution in [2.45, 2.75) is 26.2 Å². The van der Waals surface area contributed by atoms with Gasteiger partial charge in [-0.3, -0.25) is 4.55 Å². The Balaban J connectivity index is 3.47. The monoisotopic (exact) mass is 236 g/mol. The summed E-state index contributed by atoms with van der Waals surface area (Å²) in [5.41, 5.74) is 0. The summed E-state index contributed by atoms with van der Waals surface area (Å²) in [7, 11) is -3.89. The second-order valence-corrected chi connectivity index (χ2v) is 4.54. The number of hydrogen-bond acceptors (Lipinski definition) is 4. The number of carbonyl (C=O) groups is 1. The lowest BCUT2D eigenvalue weighted by Gasteiger charge is -2.00. The van der Waals surface area contributed by atoms with Crippen LogP contribution in [0.3, 0.4) is 0 Å². The molecule has 0 radical (unpaired) electrons. The molecule has 0 spiro atoms. The van der Waals surface area contributed by atoms with Crippen LogP contribution in [-0.2, 0) is 19.6 Å². The summed E-state index contributed by atoms with van der Waals surface area (Å²) in [6.45, 7) is 2.07. The Labute approximate surface area is 89.9 Å². The van der Waals surface area contributed by atoms with Crippen LogP contribution in [0.2, 0.25) is 0 Å². The minimum absolute atomic E-state index is 0.169. The quantitative estimate of drug-likeness (QED) is 0.310. The van der Waals surface area contributed by atoms with Gasteiger partial charge in [-0.2, -0.15) is 8.42 Å². The number of ether oxygens (including phenoxy) is 1. The molecule has 0 amide bonds. The molecule has 0 aromatic carbocycles. The van der Waals surface area contributed by atoms with E-state index in [1.807, 2.05) is 6.92 Å². The predicted octanol–water partition coefficient (Wildman–Crippen LogP) is 1.16. The second kappa shape index (κ2) is 7.42. The third-order valence-electron chi connectivity index (χ3n) is 1.53. The first-order chi connectivity index (χ1) is 6.95. The maximum absolute atomic E-state index is 10.9. The molecule has 5 nitrogen and oxygen atoms in total. The van der Waals surface area contributed by atoms with Crippen molar-refractivity contribution in [1.82, 2.24) is 0 Å². The first-order valence-corrected chi connectivity index (χ1v) is 6.35. The van der Waals surface area contributed by atoms with Gasteiger partial charge in [-0.05, 0) is 19.3 Å². The molecular weight excluding hydrogens is 220 g/mol. The van der Waals surface area contributed by atoms with Crippen LogP contribution < -0.4 is 0 Å². The van der Waals surface area contributed by atoms with E-state index in [1.54, 1.807) is 6.08 Å². The Morgan fingerprint density at radius 3 is 2.60 bits per heavy atom. The minimum Gasteiger partial charge on any atom is -0.463 e. The predicted molar refractivity (Wildman–Crippen MR) is 56.0 cm³/mol. The molecule has 0 unspecified atom stereocenters. The van der Waals surface area contributed by atoms with Gasteiger partial charge in [0, 0.05) is 6.08 Å². The summed E-state index contributed by atoms with van der Waals surface area (Å²) < 4.78 is 33.8. The Morgan fingerprint density at radius 2 is 2.07 bits per heavy atom. The van der Waals surface area contributed by atoms with Gasteiger partial charge in [-0.1, -0.05) is 13.0 Å². The maximum atomic E-state index is 10.9. The maximum Gasteiger partial charge on any atom is 0.330 e. The van der Waals surface area contributed by atoms with Gasteiger partial charge in [0.05, 0.1) is 12.4 Å². The number of esters is 1. The Morgan fingerprint density at radius 1 is 1.40 bits per heavy atom. The van der Waals surface area contributed by atoms with Gasteiger partial charge < -0.3 is 4.74 Å². The molecule has 6 heteroatoms. The van der Waals surface area contributed by atoms with Crippen LogP contribution in [0.4, 0.5) is 0 Å². The lowest BCUT2D eigenvalue weighted by atomic mass is 10.3. The summed E-state index contributed by atoms with van der Waals surface area (Å²) in [6, 6.07) is 0. The zero-order valence-corrected chi connectivity index (χ0v) is 9.50. The molecule has 0 aliphatic rings.